The summed E-state index contributed by atoms with van der Waals surface area (Å²) in [5.41, 5.74) is 1.22. The summed E-state index contributed by atoms with van der Waals surface area (Å²) in [6.45, 7) is 1.88. The monoisotopic (exact) mass is 363 g/mol. The van der Waals surface area contributed by atoms with Gasteiger partial charge in [0.25, 0.3) is 11.5 Å². The normalized spacial score (nSPS) is 10.8. The summed E-state index contributed by atoms with van der Waals surface area (Å²) >= 11 is 4.71. The molecule has 0 saturated heterocycles. The van der Waals surface area contributed by atoms with Crippen LogP contribution < -0.4 is 10.9 Å². The minimum atomic E-state index is -0.460. The Morgan fingerprint density at radius 2 is 2.24 bits per heavy atom. The highest BCUT2D eigenvalue weighted by Gasteiger charge is 2.14. The Balaban J connectivity index is 1.97. The molecule has 3 rings (SSSR count). The van der Waals surface area contributed by atoms with E-state index in [1.54, 1.807) is 17.6 Å². The van der Waals surface area contributed by atoms with Crippen molar-refractivity contribution in [1.29, 1.82) is 0 Å². The number of carbonyl (C=O) groups excluding carboxylic acids is 1. The van der Waals surface area contributed by atoms with Gasteiger partial charge in [0.05, 0.1) is 0 Å². The van der Waals surface area contributed by atoms with Gasteiger partial charge in [0.2, 0.25) is 0 Å². The van der Waals surface area contributed by atoms with Gasteiger partial charge in [-0.15, -0.1) is 11.3 Å². The third-order valence-corrected chi connectivity index (χ3v) is 4.29. The zero-order chi connectivity index (χ0) is 15.0. The summed E-state index contributed by atoms with van der Waals surface area (Å²) in [5.74, 6) is -0.460. The summed E-state index contributed by atoms with van der Waals surface area (Å²) in [6, 6.07) is 5.50. The first-order valence-corrected chi connectivity index (χ1v) is 7.76. The minimum Gasteiger partial charge on any atom is -0.322 e. The predicted octanol–water partition coefficient (Wildman–Crippen LogP) is 3.08. The number of nitrogens with zero attached hydrogens (tertiary/aromatic N) is 2. The number of carbonyl (C=O) groups is 1. The summed E-state index contributed by atoms with van der Waals surface area (Å²) in [6.07, 6.45) is 2.93. The lowest BCUT2D eigenvalue weighted by Gasteiger charge is -2.08. The van der Waals surface area contributed by atoms with E-state index in [4.69, 9.17) is 0 Å². The Hall–Kier alpha value is -1.99. The fourth-order valence-electron chi connectivity index (χ4n) is 1.94. The molecule has 0 saturated carbocycles. The molecule has 0 bridgehead atoms. The number of nitrogens with one attached hydrogen (secondary N) is 1. The van der Waals surface area contributed by atoms with Gasteiger partial charge in [-0.25, -0.2) is 4.98 Å². The van der Waals surface area contributed by atoms with Crippen LogP contribution in [0, 0.1) is 6.92 Å². The predicted molar refractivity (Wildman–Crippen MR) is 86.2 cm³/mol. The average molecular weight is 364 g/mol. The van der Waals surface area contributed by atoms with E-state index in [2.05, 4.69) is 26.2 Å². The third kappa shape index (κ3) is 2.62. The fourth-order valence-corrected chi connectivity index (χ4v) is 3.09. The van der Waals surface area contributed by atoms with E-state index >= 15 is 0 Å². The van der Waals surface area contributed by atoms with Crippen LogP contribution in [0.5, 0.6) is 0 Å². The van der Waals surface area contributed by atoms with Crippen molar-refractivity contribution in [3.05, 3.63) is 61.9 Å². The Labute approximate surface area is 132 Å². The standard InChI is InChI=1S/C14H10BrN3O2S/c1-8-6-9(15)2-3-11(8)17-12(19)10-7-16-14-18(13(10)20)4-5-21-14/h2-7H,1H3,(H,17,19). The van der Waals surface area contributed by atoms with Gasteiger partial charge >= 0.3 is 0 Å². The van der Waals surface area contributed by atoms with Gasteiger partial charge in [-0.2, -0.15) is 0 Å². The number of thiazole rings is 1. The van der Waals surface area contributed by atoms with E-state index in [0.717, 1.165) is 10.0 Å². The molecular formula is C14H10BrN3O2S. The largest absolute Gasteiger partial charge is 0.322 e. The van der Waals surface area contributed by atoms with Crippen LogP contribution >= 0.6 is 27.3 Å². The molecule has 7 heteroatoms. The molecule has 0 fully saturated rings. The second-order valence-corrected chi connectivity index (χ2v) is 6.23. The molecular weight excluding hydrogens is 354 g/mol. The number of fused-ring (bicyclic) bond motifs is 1. The van der Waals surface area contributed by atoms with Gasteiger partial charge < -0.3 is 5.32 Å². The molecule has 0 atom stereocenters. The highest BCUT2D eigenvalue weighted by molar-refractivity contribution is 9.10. The Morgan fingerprint density at radius 1 is 1.43 bits per heavy atom. The SMILES string of the molecule is Cc1cc(Br)ccc1NC(=O)c1cnc2sccn2c1=O. The lowest BCUT2D eigenvalue weighted by molar-refractivity contribution is 0.102. The fraction of sp³-hybridized carbons (Fsp3) is 0.0714. The molecule has 21 heavy (non-hydrogen) atoms. The molecule has 2 aromatic heterocycles. The number of hydrogen-bond acceptors (Lipinski definition) is 4. The molecule has 0 radical (unpaired) electrons. The maximum atomic E-state index is 12.3. The molecule has 1 aromatic carbocycles. The number of aromatic nitrogens is 2. The number of hydrogen-bond donors (Lipinski definition) is 1. The van der Waals surface area contributed by atoms with E-state index in [-0.39, 0.29) is 11.1 Å². The molecule has 0 aliphatic heterocycles. The van der Waals surface area contributed by atoms with Crippen LogP contribution in [0.1, 0.15) is 15.9 Å². The van der Waals surface area contributed by atoms with Crippen LogP contribution in [0.15, 0.2) is 45.2 Å². The highest BCUT2D eigenvalue weighted by Crippen LogP contribution is 2.20. The average Bonchev–Trinajstić information content (AvgIpc) is 2.91. The molecule has 0 unspecified atom stereocenters. The number of amides is 1. The van der Waals surface area contributed by atoms with E-state index in [1.165, 1.54) is 21.9 Å². The second kappa shape index (κ2) is 5.42. The Kier molecular flexibility index (Phi) is 3.60. The zero-order valence-electron chi connectivity index (χ0n) is 11.0. The van der Waals surface area contributed by atoms with Crippen molar-refractivity contribution in [1.82, 2.24) is 9.38 Å². The molecule has 5 nitrogen and oxygen atoms in total. The molecule has 106 valence electrons. The van der Waals surface area contributed by atoms with Crippen molar-refractivity contribution in [3.63, 3.8) is 0 Å². The topological polar surface area (TPSA) is 63.5 Å². The number of anilines is 1. The van der Waals surface area contributed by atoms with Crippen LogP contribution in [0.3, 0.4) is 0 Å². The van der Waals surface area contributed by atoms with Gasteiger partial charge in [-0.05, 0) is 30.7 Å². The minimum absolute atomic E-state index is 0.0215. The summed E-state index contributed by atoms with van der Waals surface area (Å²) in [4.78, 5) is 29.2. The molecule has 0 aliphatic carbocycles. The molecule has 3 aromatic rings. The van der Waals surface area contributed by atoms with E-state index in [0.29, 0.717) is 10.6 Å². The first-order chi connectivity index (χ1) is 10.1. The lowest BCUT2D eigenvalue weighted by atomic mass is 10.2. The zero-order valence-corrected chi connectivity index (χ0v) is 13.4. The molecule has 2 heterocycles. The number of benzene rings is 1. The first kappa shape index (κ1) is 14.0. The summed E-state index contributed by atoms with van der Waals surface area (Å²) in [5, 5.41) is 4.50. The van der Waals surface area contributed by atoms with Crippen molar-refractivity contribution in [3.8, 4) is 0 Å². The summed E-state index contributed by atoms with van der Waals surface area (Å²) in [7, 11) is 0. The van der Waals surface area contributed by atoms with Gasteiger partial charge in [0.15, 0.2) is 4.96 Å². The quantitative estimate of drug-likeness (QED) is 0.760. The smallest absolute Gasteiger partial charge is 0.271 e. The number of halogens is 1. The van der Waals surface area contributed by atoms with Crippen molar-refractivity contribution < 1.29 is 4.79 Å². The van der Waals surface area contributed by atoms with Gasteiger partial charge in [-0.3, -0.25) is 14.0 Å². The van der Waals surface area contributed by atoms with Crippen LogP contribution in [0.2, 0.25) is 0 Å². The third-order valence-electron chi connectivity index (χ3n) is 3.02. The molecule has 0 spiro atoms. The second-order valence-electron chi connectivity index (χ2n) is 4.45. The van der Waals surface area contributed by atoms with Gasteiger partial charge in [0.1, 0.15) is 5.56 Å². The van der Waals surface area contributed by atoms with Crippen LogP contribution in [0.25, 0.3) is 4.96 Å². The highest BCUT2D eigenvalue weighted by atomic mass is 79.9. The number of rotatable bonds is 2. The maximum Gasteiger partial charge on any atom is 0.271 e. The molecule has 0 aliphatic rings. The Morgan fingerprint density at radius 3 is 3.00 bits per heavy atom. The van der Waals surface area contributed by atoms with Crippen LogP contribution in [0.4, 0.5) is 5.69 Å². The van der Waals surface area contributed by atoms with Crippen molar-refractivity contribution in [2.45, 2.75) is 6.92 Å². The van der Waals surface area contributed by atoms with Crippen LogP contribution in [-0.4, -0.2) is 15.3 Å². The molecule has 1 amide bonds. The van der Waals surface area contributed by atoms with Crippen molar-refractivity contribution >= 4 is 43.8 Å². The Bertz CT molecular complexity index is 901. The van der Waals surface area contributed by atoms with Gasteiger partial charge in [-0.1, -0.05) is 15.9 Å². The number of aryl methyl sites for hydroxylation is 1. The van der Waals surface area contributed by atoms with Gasteiger partial charge in [0, 0.05) is 27.9 Å². The summed E-state index contributed by atoms with van der Waals surface area (Å²) < 4.78 is 2.30. The van der Waals surface area contributed by atoms with E-state index < -0.39 is 5.91 Å². The lowest BCUT2D eigenvalue weighted by Crippen LogP contribution is -2.26. The molecule has 1 N–H and O–H groups in total. The van der Waals surface area contributed by atoms with E-state index in [9.17, 15) is 9.59 Å². The van der Waals surface area contributed by atoms with E-state index in [1.807, 2.05) is 19.1 Å². The maximum absolute atomic E-state index is 12.3. The van der Waals surface area contributed by atoms with Crippen molar-refractivity contribution in [2.75, 3.05) is 5.32 Å². The van der Waals surface area contributed by atoms with Crippen LogP contribution in [-0.2, 0) is 0 Å². The van der Waals surface area contributed by atoms with Crippen molar-refractivity contribution in [2.24, 2.45) is 0 Å². The first-order valence-electron chi connectivity index (χ1n) is 6.08.